The minimum absolute atomic E-state index is 0.343. The highest BCUT2D eigenvalue weighted by Crippen LogP contribution is 2.32. The number of primary amides is 1. The lowest BCUT2D eigenvalue weighted by atomic mass is 10.1. The number of hydrogen-bond donors (Lipinski definition) is 2. The number of nitrogens with two attached hydrogens (primary N) is 1. The van der Waals surface area contributed by atoms with Crippen LogP contribution in [0.5, 0.6) is 5.75 Å². The van der Waals surface area contributed by atoms with Crippen molar-refractivity contribution in [2.75, 3.05) is 5.32 Å². The molecule has 2 rings (SSSR count). The summed E-state index contributed by atoms with van der Waals surface area (Å²) in [5.41, 5.74) is 6.51. The van der Waals surface area contributed by atoms with E-state index < -0.39 is 12.0 Å². The molecule has 5 nitrogen and oxygen atoms in total. The predicted octanol–water partition coefficient (Wildman–Crippen LogP) is 3.52. The van der Waals surface area contributed by atoms with Crippen LogP contribution in [0.1, 0.15) is 27.7 Å². The highest BCUT2D eigenvalue weighted by molar-refractivity contribution is 7.16. The van der Waals surface area contributed by atoms with Crippen molar-refractivity contribution in [1.29, 1.82) is 0 Å². The molecular weight excluding hydrogens is 336 g/mol. The van der Waals surface area contributed by atoms with E-state index in [0.29, 0.717) is 21.3 Å². The minimum Gasteiger partial charge on any atom is -0.481 e. The Hall–Kier alpha value is -2.05. The summed E-state index contributed by atoms with van der Waals surface area (Å²) in [6, 6.07) is 6.79. The Bertz CT molecular complexity index is 758. The Kier molecular flexibility index (Phi) is 5.28. The lowest BCUT2D eigenvalue weighted by molar-refractivity contribution is -0.122. The molecule has 0 bridgehead atoms. The van der Waals surface area contributed by atoms with Crippen LogP contribution in [0.4, 0.5) is 5.00 Å². The first-order valence-electron chi connectivity index (χ1n) is 6.92. The van der Waals surface area contributed by atoms with E-state index in [1.54, 1.807) is 38.1 Å². The third kappa shape index (κ3) is 4.03. The summed E-state index contributed by atoms with van der Waals surface area (Å²) in [5.74, 6) is -0.437. The van der Waals surface area contributed by atoms with Crippen molar-refractivity contribution < 1.29 is 14.3 Å². The molecule has 1 atom stereocenters. The van der Waals surface area contributed by atoms with Gasteiger partial charge in [-0.25, -0.2) is 0 Å². The quantitative estimate of drug-likeness (QED) is 0.863. The lowest BCUT2D eigenvalue weighted by Gasteiger charge is -2.14. The highest BCUT2D eigenvalue weighted by atomic mass is 35.5. The van der Waals surface area contributed by atoms with Crippen molar-refractivity contribution in [1.82, 2.24) is 0 Å². The third-order valence-corrected chi connectivity index (χ3v) is 4.70. The van der Waals surface area contributed by atoms with E-state index in [4.69, 9.17) is 22.1 Å². The first kappa shape index (κ1) is 17.3. The summed E-state index contributed by atoms with van der Waals surface area (Å²) in [6.07, 6.45) is -0.753. The van der Waals surface area contributed by atoms with Crippen LogP contribution in [0, 0.1) is 13.8 Å². The first-order chi connectivity index (χ1) is 10.8. The Morgan fingerprint density at radius 3 is 2.65 bits per heavy atom. The second-order valence-corrected chi connectivity index (χ2v) is 6.72. The maximum absolute atomic E-state index is 12.3. The number of anilines is 1. The van der Waals surface area contributed by atoms with Gasteiger partial charge < -0.3 is 15.8 Å². The Morgan fingerprint density at radius 2 is 2.04 bits per heavy atom. The summed E-state index contributed by atoms with van der Waals surface area (Å²) >= 11 is 7.20. The van der Waals surface area contributed by atoms with Crippen molar-refractivity contribution in [3.05, 3.63) is 45.3 Å². The fourth-order valence-electron chi connectivity index (χ4n) is 2.02. The van der Waals surface area contributed by atoms with Crippen LogP contribution in [0.2, 0.25) is 5.02 Å². The molecule has 2 amide bonds. The van der Waals surface area contributed by atoms with Gasteiger partial charge in [-0.1, -0.05) is 17.7 Å². The van der Waals surface area contributed by atoms with Crippen molar-refractivity contribution in [3.8, 4) is 5.75 Å². The van der Waals surface area contributed by atoms with Crippen LogP contribution in [-0.2, 0) is 4.79 Å². The Labute approximate surface area is 143 Å². The van der Waals surface area contributed by atoms with Gasteiger partial charge in [0.05, 0.1) is 5.56 Å². The molecule has 3 N–H and O–H groups in total. The van der Waals surface area contributed by atoms with Gasteiger partial charge in [-0.15, -0.1) is 11.3 Å². The number of thiophene rings is 1. The molecule has 0 aliphatic heterocycles. The van der Waals surface area contributed by atoms with E-state index in [-0.39, 0.29) is 5.91 Å². The second-order valence-electron chi connectivity index (χ2n) is 5.06. The molecule has 1 aromatic carbocycles. The predicted molar refractivity (Wildman–Crippen MR) is 92.5 cm³/mol. The molecule has 1 unspecified atom stereocenters. The molecule has 7 heteroatoms. The summed E-state index contributed by atoms with van der Waals surface area (Å²) in [5, 5.41) is 3.68. The van der Waals surface area contributed by atoms with Crippen LogP contribution < -0.4 is 15.8 Å². The van der Waals surface area contributed by atoms with Gasteiger partial charge in [-0.2, -0.15) is 0 Å². The van der Waals surface area contributed by atoms with Crippen molar-refractivity contribution in [2.45, 2.75) is 26.9 Å². The molecule has 0 radical (unpaired) electrons. The summed E-state index contributed by atoms with van der Waals surface area (Å²) < 4.78 is 5.56. The van der Waals surface area contributed by atoms with Crippen LogP contribution in [0.25, 0.3) is 0 Å². The second kappa shape index (κ2) is 7.02. The van der Waals surface area contributed by atoms with E-state index >= 15 is 0 Å². The van der Waals surface area contributed by atoms with Crippen molar-refractivity contribution in [2.24, 2.45) is 5.73 Å². The lowest BCUT2D eigenvalue weighted by Crippen LogP contribution is -2.30. The number of carbonyl (C=O) groups is 2. The van der Waals surface area contributed by atoms with E-state index in [2.05, 4.69) is 5.32 Å². The van der Waals surface area contributed by atoms with Gasteiger partial charge in [0.1, 0.15) is 10.8 Å². The summed E-state index contributed by atoms with van der Waals surface area (Å²) in [6.45, 7) is 5.29. The molecule has 0 aliphatic carbocycles. The maximum atomic E-state index is 12.3. The number of rotatable bonds is 5. The standard InChI is InChI=1S/C16H17ClN2O3S/c1-8-10(3)23-16(13(8)14(18)20)19-15(21)9(2)22-12-6-4-5-11(17)7-12/h4-7,9H,1-3H3,(H2,18,20)(H,19,21). The number of carbonyl (C=O) groups excluding carboxylic acids is 2. The van der Waals surface area contributed by atoms with Crippen LogP contribution in [0.3, 0.4) is 0 Å². The zero-order chi connectivity index (χ0) is 17.1. The number of aryl methyl sites for hydroxylation is 1. The number of hydrogen-bond acceptors (Lipinski definition) is 4. The van der Waals surface area contributed by atoms with Crippen LogP contribution >= 0.6 is 22.9 Å². The fourth-order valence-corrected chi connectivity index (χ4v) is 3.27. The van der Waals surface area contributed by atoms with E-state index in [0.717, 1.165) is 10.4 Å². The smallest absolute Gasteiger partial charge is 0.265 e. The van der Waals surface area contributed by atoms with Crippen molar-refractivity contribution >= 4 is 39.8 Å². The molecular formula is C16H17ClN2O3S. The van der Waals surface area contributed by atoms with E-state index in [1.165, 1.54) is 11.3 Å². The average molecular weight is 353 g/mol. The number of nitrogens with one attached hydrogen (secondary N) is 1. The fraction of sp³-hybridized carbons (Fsp3) is 0.250. The summed E-state index contributed by atoms with van der Waals surface area (Å²) in [7, 11) is 0. The van der Waals surface area contributed by atoms with Gasteiger partial charge in [0.2, 0.25) is 0 Å². The molecule has 23 heavy (non-hydrogen) atoms. The van der Waals surface area contributed by atoms with Gasteiger partial charge in [-0.3, -0.25) is 9.59 Å². The number of ether oxygens (including phenoxy) is 1. The molecule has 2 aromatic rings. The number of benzene rings is 1. The van der Waals surface area contributed by atoms with Crippen molar-refractivity contribution in [3.63, 3.8) is 0 Å². The van der Waals surface area contributed by atoms with Gasteiger partial charge in [-0.05, 0) is 44.5 Å². The van der Waals surface area contributed by atoms with E-state index in [9.17, 15) is 9.59 Å². The molecule has 0 aliphatic rings. The molecule has 1 aromatic heterocycles. The Balaban J connectivity index is 2.13. The highest BCUT2D eigenvalue weighted by Gasteiger charge is 2.22. The van der Waals surface area contributed by atoms with Gasteiger partial charge in [0.15, 0.2) is 6.10 Å². The first-order valence-corrected chi connectivity index (χ1v) is 8.12. The number of amides is 2. The van der Waals surface area contributed by atoms with E-state index in [1.807, 2.05) is 6.92 Å². The SMILES string of the molecule is Cc1sc(NC(=O)C(C)Oc2cccc(Cl)c2)c(C(N)=O)c1C. The normalized spacial score (nSPS) is 11.8. The number of halogens is 1. The molecule has 0 spiro atoms. The van der Waals surface area contributed by atoms with Gasteiger partial charge in [0, 0.05) is 9.90 Å². The topological polar surface area (TPSA) is 81.4 Å². The van der Waals surface area contributed by atoms with Crippen LogP contribution in [0.15, 0.2) is 24.3 Å². The largest absolute Gasteiger partial charge is 0.481 e. The van der Waals surface area contributed by atoms with Crippen LogP contribution in [-0.4, -0.2) is 17.9 Å². The van der Waals surface area contributed by atoms with Gasteiger partial charge in [0.25, 0.3) is 11.8 Å². The maximum Gasteiger partial charge on any atom is 0.265 e. The monoisotopic (exact) mass is 352 g/mol. The minimum atomic E-state index is -0.753. The Morgan fingerprint density at radius 1 is 1.35 bits per heavy atom. The zero-order valence-corrected chi connectivity index (χ0v) is 14.5. The molecule has 0 saturated heterocycles. The molecule has 1 heterocycles. The molecule has 0 fully saturated rings. The summed E-state index contributed by atoms with van der Waals surface area (Å²) in [4.78, 5) is 24.8. The third-order valence-electron chi connectivity index (χ3n) is 3.35. The molecule has 0 saturated carbocycles. The zero-order valence-electron chi connectivity index (χ0n) is 13.0. The average Bonchev–Trinajstić information content (AvgIpc) is 2.73. The molecule has 122 valence electrons. The van der Waals surface area contributed by atoms with Gasteiger partial charge >= 0.3 is 0 Å².